The summed E-state index contributed by atoms with van der Waals surface area (Å²) < 4.78 is 4.22. The van der Waals surface area contributed by atoms with Gasteiger partial charge in [-0.2, -0.15) is 0 Å². The van der Waals surface area contributed by atoms with Gasteiger partial charge in [-0.1, -0.05) is 19.8 Å². The van der Waals surface area contributed by atoms with Gasteiger partial charge in [-0.05, 0) is 6.42 Å². The smallest absolute Gasteiger partial charge is 0.144 e. The summed E-state index contributed by atoms with van der Waals surface area (Å²) in [6, 6.07) is 0. The van der Waals surface area contributed by atoms with Crippen LogP contribution in [0.4, 0.5) is 0 Å². The molecular formula is C7H14N2O2. The van der Waals surface area contributed by atoms with Crippen molar-refractivity contribution in [3.63, 3.8) is 0 Å². The van der Waals surface area contributed by atoms with Crippen LogP contribution in [0.5, 0.6) is 0 Å². The molecule has 4 nitrogen and oxygen atoms in total. The van der Waals surface area contributed by atoms with Crippen LogP contribution in [0.15, 0.2) is 17.0 Å². The second-order valence-corrected chi connectivity index (χ2v) is 2.02. The summed E-state index contributed by atoms with van der Waals surface area (Å²) in [5.74, 6) is 0. The predicted molar refractivity (Wildman–Crippen MR) is 40.9 cm³/mol. The number of rotatable bonds is 3. The molecule has 1 N–H and O–H groups in total. The number of hydrogen-bond donors (Lipinski definition) is 1. The number of hydrogen-bond acceptors (Lipinski definition) is 4. The van der Waals surface area contributed by atoms with E-state index < -0.39 is 0 Å². The van der Waals surface area contributed by atoms with Gasteiger partial charge in [0, 0.05) is 11.9 Å². The van der Waals surface area contributed by atoms with Crippen LogP contribution in [0.2, 0.25) is 0 Å². The lowest BCUT2D eigenvalue weighted by Crippen LogP contribution is -1.78. The van der Waals surface area contributed by atoms with Crippen LogP contribution in [-0.2, 0) is 0 Å². The van der Waals surface area contributed by atoms with E-state index in [0.717, 1.165) is 12.8 Å². The Balaban J connectivity index is 0.000000183. The molecule has 1 aromatic heterocycles. The fourth-order valence-corrected chi connectivity index (χ4v) is 0.498. The van der Waals surface area contributed by atoms with Gasteiger partial charge in [0.25, 0.3) is 0 Å². The van der Waals surface area contributed by atoms with E-state index in [1.807, 2.05) is 0 Å². The molecule has 0 amide bonds. The molecule has 4 heteroatoms. The Kier molecular flexibility index (Phi) is 8.36. The molecule has 0 saturated heterocycles. The first-order chi connectivity index (χ1) is 5.41. The van der Waals surface area contributed by atoms with Crippen LogP contribution in [-0.4, -0.2) is 22.1 Å². The fourth-order valence-electron chi connectivity index (χ4n) is 0.498. The van der Waals surface area contributed by atoms with Crippen LogP contribution < -0.4 is 0 Å². The molecule has 1 heterocycles. The van der Waals surface area contributed by atoms with Crippen molar-refractivity contribution >= 4 is 0 Å². The van der Waals surface area contributed by atoms with E-state index in [1.54, 1.807) is 0 Å². The molecule has 11 heavy (non-hydrogen) atoms. The average molecular weight is 158 g/mol. The molecule has 1 aromatic rings. The zero-order valence-corrected chi connectivity index (χ0v) is 6.73. The molecule has 0 aliphatic carbocycles. The molecule has 0 bridgehead atoms. The quantitative estimate of drug-likeness (QED) is 0.672. The van der Waals surface area contributed by atoms with Gasteiger partial charge >= 0.3 is 0 Å². The van der Waals surface area contributed by atoms with Crippen molar-refractivity contribution in [1.29, 1.82) is 0 Å². The predicted octanol–water partition coefficient (Wildman–Crippen LogP) is 1.24. The molecule has 0 radical (unpaired) electrons. The summed E-state index contributed by atoms with van der Waals surface area (Å²) in [4.78, 5) is 0. The van der Waals surface area contributed by atoms with E-state index in [0.29, 0.717) is 6.61 Å². The lowest BCUT2D eigenvalue weighted by Gasteiger charge is -1.85. The maximum absolute atomic E-state index is 8.20. The summed E-state index contributed by atoms with van der Waals surface area (Å²) in [6.07, 6.45) is 6.20. The highest BCUT2D eigenvalue weighted by Crippen LogP contribution is 1.89. The van der Waals surface area contributed by atoms with E-state index in [2.05, 4.69) is 21.8 Å². The Morgan fingerprint density at radius 1 is 1.45 bits per heavy atom. The van der Waals surface area contributed by atoms with Gasteiger partial charge in [0.05, 0.1) is 6.20 Å². The maximum Gasteiger partial charge on any atom is 0.144 e. The second kappa shape index (κ2) is 9.10. The Bertz CT molecular complexity index is 110. The van der Waals surface area contributed by atoms with Crippen molar-refractivity contribution in [2.24, 2.45) is 0 Å². The molecule has 0 spiro atoms. The Morgan fingerprint density at radius 2 is 2.27 bits per heavy atom. The zero-order valence-electron chi connectivity index (χ0n) is 6.73. The first kappa shape index (κ1) is 10.1. The largest absolute Gasteiger partial charge is 0.396 e. The van der Waals surface area contributed by atoms with Gasteiger partial charge in [0.1, 0.15) is 6.26 Å². The summed E-state index contributed by atoms with van der Waals surface area (Å²) in [6.45, 7) is 2.48. The highest BCUT2D eigenvalue weighted by molar-refractivity contribution is 4.48. The second-order valence-electron chi connectivity index (χ2n) is 2.02. The van der Waals surface area contributed by atoms with Crippen molar-refractivity contribution in [3.05, 3.63) is 12.5 Å². The molecule has 0 saturated carbocycles. The summed E-state index contributed by atoms with van der Waals surface area (Å²) in [5.41, 5.74) is 0. The summed E-state index contributed by atoms with van der Waals surface area (Å²) in [7, 11) is 0. The molecule has 0 aliphatic heterocycles. The lowest BCUT2D eigenvalue weighted by molar-refractivity contribution is 0.284. The third-order valence-corrected chi connectivity index (χ3v) is 1.04. The molecule has 0 aliphatic rings. The molecule has 0 unspecified atom stereocenters. The highest BCUT2D eigenvalue weighted by Gasteiger charge is 1.76. The van der Waals surface area contributed by atoms with E-state index >= 15 is 0 Å². The van der Waals surface area contributed by atoms with Crippen LogP contribution in [0.1, 0.15) is 26.2 Å². The number of aliphatic hydroxyl groups is 1. The number of unbranched alkanes of at least 4 members (excludes halogenated alkanes) is 2. The zero-order chi connectivity index (χ0) is 8.36. The van der Waals surface area contributed by atoms with Crippen molar-refractivity contribution < 1.29 is 9.63 Å². The topological polar surface area (TPSA) is 59.2 Å². The van der Waals surface area contributed by atoms with E-state index in [4.69, 9.17) is 5.11 Å². The first-order valence-electron chi connectivity index (χ1n) is 3.73. The van der Waals surface area contributed by atoms with Gasteiger partial charge in [-0.15, -0.1) is 5.10 Å². The van der Waals surface area contributed by atoms with Gasteiger partial charge in [0.15, 0.2) is 0 Å². The van der Waals surface area contributed by atoms with Crippen LogP contribution in [0.3, 0.4) is 0 Å². The molecule has 1 rings (SSSR count). The first-order valence-corrected chi connectivity index (χ1v) is 3.73. The molecule has 0 atom stereocenters. The molecule has 0 fully saturated rings. The maximum atomic E-state index is 8.20. The minimum Gasteiger partial charge on any atom is -0.396 e. The summed E-state index contributed by atoms with van der Waals surface area (Å²) in [5, 5.41) is 14.6. The van der Waals surface area contributed by atoms with Crippen LogP contribution >= 0.6 is 0 Å². The highest BCUT2D eigenvalue weighted by atomic mass is 16.5. The van der Waals surface area contributed by atoms with E-state index in [9.17, 15) is 0 Å². The van der Waals surface area contributed by atoms with Crippen molar-refractivity contribution in [2.45, 2.75) is 26.2 Å². The molecule has 64 valence electrons. The normalized spacial score (nSPS) is 8.55. The fraction of sp³-hybridized carbons (Fsp3) is 0.714. The SMILES string of the molecule is CCCCCO.c1conn1. The number of nitrogens with zero attached hydrogens (tertiary/aromatic N) is 2. The summed E-state index contributed by atoms with van der Waals surface area (Å²) >= 11 is 0. The van der Waals surface area contributed by atoms with Gasteiger partial charge in [-0.3, -0.25) is 0 Å². The Hall–Kier alpha value is -0.900. The third-order valence-electron chi connectivity index (χ3n) is 1.04. The van der Waals surface area contributed by atoms with Gasteiger partial charge in [0.2, 0.25) is 0 Å². The molecular weight excluding hydrogens is 144 g/mol. The van der Waals surface area contributed by atoms with Gasteiger partial charge < -0.3 is 9.63 Å². The molecule has 0 aromatic carbocycles. The Labute approximate surface area is 66.2 Å². The minimum atomic E-state index is 0.355. The lowest BCUT2D eigenvalue weighted by atomic mass is 10.3. The average Bonchev–Trinajstić information content (AvgIpc) is 2.57. The van der Waals surface area contributed by atoms with Gasteiger partial charge in [-0.25, -0.2) is 0 Å². The minimum absolute atomic E-state index is 0.355. The standard InChI is InChI=1S/C5H12O.C2H2N2O/c1-2-3-4-5-6;1-2-5-4-3-1/h6H,2-5H2,1H3;1-2H. The van der Waals surface area contributed by atoms with Crippen molar-refractivity contribution in [2.75, 3.05) is 6.61 Å². The Morgan fingerprint density at radius 3 is 2.45 bits per heavy atom. The van der Waals surface area contributed by atoms with Crippen molar-refractivity contribution in [3.8, 4) is 0 Å². The monoisotopic (exact) mass is 158 g/mol. The third kappa shape index (κ3) is 9.10. The van der Waals surface area contributed by atoms with Crippen LogP contribution in [0, 0.1) is 0 Å². The van der Waals surface area contributed by atoms with Crippen LogP contribution in [0.25, 0.3) is 0 Å². The van der Waals surface area contributed by atoms with Crippen molar-refractivity contribution in [1.82, 2.24) is 10.4 Å². The number of aromatic nitrogens is 2. The van der Waals surface area contributed by atoms with E-state index in [1.165, 1.54) is 18.9 Å². The van der Waals surface area contributed by atoms with E-state index in [-0.39, 0.29) is 0 Å². The number of aliphatic hydroxyl groups excluding tert-OH is 1.